The Kier molecular flexibility index (Phi) is 2.95. The summed E-state index contributed by atoms with van der Waals surface area (Å²) in [6, 6.07) is 0. The highest BCUT2D eigenvalue weighted by molar-refractivity contribution is 8.02. The van der Waals surface area contributed by atoms with Crippen LogP contribution in [0.1, 0.15) is 19.3 Å². The first-order valence-electron chi connectivity index (χ1n) is 4.89. The molecule has 2 rings (SSSR count). The number of allylic oxidation sites excluding steroid dienone is 2. The maximum Gasteiger partial charge on any atom is 0.166 e. The molecule has 3 nitrogen and oxygen atoms in total. The third-order valence-electron chi connectivity index (χ3n) is 2.60. The van der Waals surface area contributed by atoms with Crippen LogP contribution in [0.15, 0.2) is 22.3 Å². The highest BCUT2D eigenvalue weighted by Crippen LogP contribution is 2.33. The minimum absolute atomic E-state index is 0.0216. The summed E-state index contributed by atoms with van der Waals surface area (Å²) in [5.41, 5.74) is 1.18. The largest absolute Gasteiger partial charge is 0.496 e. The summed E-state index contributed by atoms with van der Waals surface area (Å²) in [7, 11) is 1.57. The molecule has 0 aromatic heterocycles. The van der Waals surface area contributed by atoms with Crippen LogP contribution in [0.4, 0.5) is 0 Å². The molecule has 1 saturated carbocycles. The Morgan fingerprint density at radius 3 is 2.53 bits per heavy atom. The monoisotopic (exact) mass is 224 g/mol. The summed E-state index contributed by atoms with van der Waals surface area (Å²) in [6.07, 6.45) is 1.67. The van der Waals surface area contributed by atoms with Crippen LogP contribution in [-0.4, -0.2) is 24.4 Å². The molecule has 1 aliphatic carbocycles. The predicted octanol–water partition coefficient (Wildman–Crippen LogP) is 1.84. The topological polar surface area (TPSA) is 43.4 Å². The number of rotatable bonds is 1. The van der Waals surface area contributed by atoms with Crippen molar-refractivity contribution in [2.45, 2.75) is 19.3 Å². The molecular formula is C11H12O3S. The van der Waals surface area contributed by atoms with Gasteiger partial charge < -0.3 is 4.74 Å². The van der Waals surface area contributed by atoms with E-state index in [-0.39, 0.29) is 11.6 Å². The number of ether oxygens (including phenoxy) is 1. The maximum absolute atomic E-state index is 11.7. The quantitative estimate of drug-likeness (QED) is 0.503. The number of Topliss-reactive ketones (excluding diaryl/α,β-unsaturated/α-hetero) is 2. The van der Waals surface area contributed by atoms with Crippen molar-refractivity contribution >= 4 is 23.3 Å². The molecule has 4 heteroatoms. The lowest BCUT2D eigenvalue weighted by Crippen LogP contribution is -2.21. The second-order valence-corrected chi connectivity index (χ2v) is 4.41. The van der Waals surface area contributed by atoms with Gasteiger partial charge in [0.2, 0.25) is 0 Å². The van der Waals surface area contributed by atoms with E-state index >= 15 is 0 Å². The van der Waals surface area contributed by atoms with Gasteiger partial charge in [-0.15, -0.1) is 11.8 Å². The Balaban J connectivity index is 2.41. The van der Waals surface area contributed by atoms with Crippen LogP contribution in [0, 0.1) is 0 Å². The van der Waals surface area contributed by atoms with Crippen molar-refractivity contribution in [1.29, 1.82) is 0 Å². The zero-order valence-electron chi connectivity index (χ0n) is 8.54. The highest BCUT2D eigenvalue weighted by Gasteiger charge is 2.29. The van der Waals surface area contributed by atoms with E-state index in [1.165, 1.54) is 0 Å². The number of carbonyl (C=O) groups is 2. The number of hydrogen-bond donors (Lipinski definition) is 0. The first kappa shape index (κ1) is 10.5. The molecular weight excluding hydrogens is 212 g/mol. The molecule has 15 heavy (non-hydrogen) atoms. The van der Waals surface area contributed by atoms with Crippen LogP contribution in [0.25, 0.3) is 0 Å². The molecule has 0 N–H and O–H groups in total. The Morgan fingerprint density at radius 1 is 1.27 bits per heavy atom. The lowest BCUT2D eigenvalue weighted by molar-refractivity contribution is -0.123. The van der Waals surface area contributed by atoms with Gasteiger partial charge in [-0.05, 0) is 6.42 Å². The number of methoxy groups -OCH3 is 1. The minimum Gasteiger partial charge on any atom is -0.496 e. The Labute approximate surface area is 92.6 Å². The van der Waals surface area contributed by atoms with Gasteiger partial charge >= 0.3 is 0 Å². The van der Waals surface area contributed by atoms with Crippen LogP contribution < -0.4 is 0 Å². The van der Waals surface area contributed by atoms with Gasteiger partial charge in [0, 0.05) is 29.6 Å². The van der Waals surface area contributed by atoms with Gasteiger partial charge in [-0.25, -0.2) is 0 Å². The first-order chi connectivity index (χ1) is 7.24. The average molecular weight is 224 g/mol. The molecule has 0 spiro atoms. The van der Waals surface area contributed by atoms with E-state index in [9.17, 15) is 9.59 Å². The van der Waals surface area contributed by atoms with Gasteiger partial charge in [0.25, 0.3) is 0 Å². The Morgan fingerprint density at radius 2 is 1.93 bits per heavy atom. The fraction of sp³-hybridized carbons (Fsp3) is 0.455. The van der Waals surface area contributed by atoms with Crippen molar-refractivity contribution < 1.29 is 14.3 Å². The Hall–Kier alpha value is -1.03. The van der Waals surface area contributed by atoms with Crippen LogP contribution in [0.2, 0.25) is 0 Å². The van der Waals surface area contributed by atoms with Crippen LogP contribution in [-0.2, 0) is 14.3 Å². The summed E-state index contributed by atoms with van der Waals surface area (Å²) < 4.78 is 5.15. The van der Waals surface area contributed by atoms with Crippen molar-refractivity contribution in [3.8, 4) is 0 Å². The van der Waals surface area contributed by atoms with E-state index in [0.717, 1.165) is 5.57 Å². The second kappa shape index (κ2) is 4.23. The lowest BCUT2D eigenvalue weighted by atomic mass is 9.88. The number of hydrogen-bond acceptors (Lipinski definition) is 4. The average Bonchev–Trinajstić information content (AvgIpc) is 2.65. The molecule has 1 fully saturated rings. The van der Waals surface area contributed by atoms with Crippen LogP contribution in [0.3, 0.4) is 0 Å². The molecule has 1 aliphatic heterocycles. The van der Waals surface area contributed by atoms with E-state index in [1.54, 1.807) is 18.9 Å². The van der Waals surface area contributed by atoms with Crippen molar-refractivity contribution in [3.63, 3.8) is 0 Å². The van der Waals surface area contributed by atoms with Crippen molar-refractivity contribution in [1.82, 2.24) is 0 Å². The van der Waals surface area contributed by atoms with Gasteiger partial charge in [0.15, 0.2) is 11.6 Å². The molecule has 0 atom stereocenters. The molecule has 0 unspecified atom stereocenters. The fourth-order valence-electron chi connectivity index (χ4n) is 1.86. The molecule has 0 radical (unpaired) electrons. The molecule has 0 aromatic carbocycles. The van der Waals surface area contributed by atoms with Crippen molar-refractivity contribution in [3.05, 3.63) is 22.3 Å². The summed E-state index contributed by atoms with van der Waals surface area (Å²) in [4.78, 5) is 23.4. The van der Waals surface area contributed by atoms with E-state index in [4.69, 9.17) is 4.74 Å². The zero-order valence-corrected chi connectivity index (χ0v) is 9.36. The Bertz CT molecular complexity index is 361. The molecule has 80 valence electrons. The first-order valence-corrected chi connectivity index (χ1v) is 5.94. The third kappa shape index (κ3) is 1.86. The van der Waals surface area contributed by atoms with Crippen LogP contribution in [0.5, 0.6) is 0 Å². The van der Waals surface area contributed by atoms with Gasteiger partial charge in [0.1, 0.15) is 5.76 Å². The van der Waals surface area contributed by atoms with E-state index in [1.807, 2.05) is 5.41 Å². The summed E-state index contributed by atoms with van der Waals surface area (Å²) in [5.74, 6) is 1.31. The van der Waals surface area contributed by atoms with E-state index < -0.39 is 0 Å². The summed E-state index contributed by atoms with van der Waals surface area (Å²) in [6.45, 7) is 0. The van der Waals surface area contributed by atoms with Crippen LogP contribution >= 0.6 is 11.8 Å². The summed E-state index contributed by atoms with van der Waals surface area (Å²) in [5, 5.41) is 1.86. The van der Waals surface area contributed by atoms with Gasteiger partial charge in [-0.3, -0.25) is 9.59 Å². The van der Waals surface area contributed by atoms with Gasteiger partial charge in [0.05, 0.1) is 12.7 Å². The molecule has 0 bridgehead atoms. The molecule has 2 aliphatic rings. The lowest BCUT2D eigenvalue weighted by Gasteiger charge is -2.15. The molecule has 0 aromatic rings. The maximum atomic E-state index is 11.7. The predicted molar refractivity (Wildman–Crippen MR) is 58.4 cm³/mol. The second-order valence-electron chi connectivity index (χ2n) is 3.55. The minimum atomic E-state index is -0.0216. The number of thioether (sulfide) groups is 1. The number of ketones is 2. The third-order valence-corrected chi connectivity index (χ3v) is 3.44. The normalized spacial score (nSPS) is 22.1. The van der Waals surface area contributed by atoms with E-state index in [2.05, 4.69) is 0 Å². The van der Waals surface area contributed by atoms with E-state index in [0.29, 0.717) is 36.3 Å². The zero-order chi connectivity index (χ0) is 10.8. The number of carbonyl (C=O) groups excluding carboxylic acids is 2. The van der Waals surface area contributed by atoms with Crippen molar-refractivity contribution in [2.75, 3.05) is 12.9 Å². The summed E-state index contributed by atoms with van der Waals surface area (Å²) >= 11 is 1.56. The van der Waals surface area contributed by atoms with Crippen molar-refractivity contribution in [2.24, 2.45) is 0 Å². The van der Waals surface area contributed by atoms with Gasteiger partial charge in [-0.1, -0.05) is 0 Å². The molecule has 1 heterocycles. The highest BCUT2D eigenvalue weighted by atomic mass is 32.2. The molecule has 0 saturated heterocycles. The fourth-order valence-corrected chi connectivity index (χ4v) is 2.79. The van der Waals surface area contributed by atoms with Gasteiger partial charge in [-0.2, -0.15) is 0 Å². The SMILES string of the molecule is COC1=CSCC1=C1C(=O)CCCC1=O. The molecule has 0 amide bonds. The smallest absolute Gasteiger partial charge is 0.166 e. The standard InChI is InChI=1S/C11H12O3S/c1-14-10-6-15-5-7(10)11-8(12)3-2-4-9(11)13/h6H,2-5H2,1H3.